The first-order valence-electron chi connectivity index (χ1n) is 9.46. The van der Waals surface area contributed by atoms with E-state index in [1.54, 1.807) is 16.8 Å². The molecule has 27 heavy (non-hydrogen) atoms. The molecule has 2 aliphatic rings. The van der Waals surface area contributed by atoms with Crippen LogP contribution in [0.25, 0.3) is 0 Å². The van der Waals surface area contributed by atoms with Crippen molar-refractivity contribution < 1.29 is 14.3 Å². The summed E-state index contributed by atoms with van der Waals surface area (Å²) < 4.78 is 7.29. The average Bonchev–Trinajstić information content (AvgIpc) is 3.13. The summed E-state index contributed by atoms with van der Waals surface area (Å²) in [7, 11) is 1.74. The van der Waals surface area contributed by atoms with Crippen LogP contribution < -0.4 is 4.90 Å². The minimum atomic E-state index is -0.189. The minimum absolute atomic E-state index is 0.0923. The van der Waals surface area contributed by atoms with Gasteiger partial charge in [-0.3, -0.25) is 9.59 Å². The van der Waals surface area contributed by atoms with Crippen molar-refractivity contribution in [2.75, 3.05) is 38.3 Å². The van der Waals surface area contributed by atoms with Crippen molar-refractivity contribution in [2.45, 2.75) is 25.8 Å². The highest BCUT2D eigenvalue weighted by atomic mass is 16.5. The van der Waals surface area contributed by atoms with Crippen molar-refractivity contribution in [3.63, 3.8) is 0 Å². The summed E-state index contributed by atoms with van der Waals surface area (Å²) in [5, 5.41) is 0. The van der Waals surface area contributed by atoms with Crippen LogP contribution in [-0.4, -0.2) is 59.6 Å². The number of rotatable bonds is 3. The molecule has 0 saturated carbocycles. The van der Waals surface area contributed by atoms with Gasteiger partial charge in [-0.2, -0.15) is 0 Å². The van der Waals surface area contributed by atoms with Gasteiger partial charge in [0.2, 0.25) is 5.82 Å². The molecule has 2 aromatic rings. The first-order valence-corrected chi connectivity index (χ1v) is 9.46. The van der Waals surface area contributed by atoms with Gasteiger partial charge < -0.3 is 19.1 Å². The highest BCUT2D eigenvalue weighted by molar-refractivity contribution is 6.05. The molecule has 0 radical (unpaired) electrons. The molecule has 2 amide bonds. The van der Waals surface area contributed by atoms with Crippen LogP contribution in [0.3, 0.4) is 0 Å². The van der Waals surface area contributed by atoms with E-state index in [0.717, 1.165) is 37.2 Å². The number of ether oxygens (including phenoxy) is 1. The fraction of sp³-hybridized carbons (Fsp3) is 0.450. The first kappa shape index (κ1) is 17.7. The van der Waals surface area contributed by atoms with Gasteiger partial charge in [-0.05, 0) is 31.4 Å². The Hall–Kier alpha value is -2.67. The third-order valence-electron chi connectivity index (χ3n) is 5.26. The molecule has 3 heterocycles. The second-order valence-electron chi connectivity index (χ2n) is 6.94. The molecule has 7 nitrogen and oxygen atoms in total. The van der Waals surface area contributed by atoms with Gasteiger partial charge in [-0.15, -0.1) is 0 Å². The van der Waals surface area contributed by atoms with Crippen molar-refractivity contribution in [1.82, 2.24) is 14.5 Å². The van der Waals surface area contributed by atoms with E-state index in [0.29, 0.717) is 37.8 Å². The summed E-state index contributed by atoms with van der Waals surface area (Å²) in [6.45, 7) is 2.95. The molecule has 1 saturated heterocycles. The maximum Gasteiger partial charge on any atom is 0.294 e. The third kappa shape index (κ3) is 3.35. The molecule has 0 spiro atoms. The van der Waals surface area contributed by atoms with Gasteiger partial charge in [0.15, 0.2) is 0 Å². The highest BCUT2D eigenvalue weighted by Gasteiger charge is 2.31. The molecule has 0 N–H and O–H groups in total. The number of fused-ring (bicyclic) bond motifs is 1. The van der Waals surface area contributed by atoms with Gasteiger partial charge in [-0.1, -0.05) is 18.2 Å². The lowest BCUT2D eigenvalue weighted by Crippen LogP contribution is -2.41. The molecule has 1 fully saturated rings. The largest absolute Gasteiger partial charge is 0.378 e. The summed E-state index contributed by atoms with van der Waals surface area (Å²) in [5.74, 6) is 0.0726. The summed E-state index contributed by atoms with van der Waals surface area (Å²) in [4.78, 5) is 34.1. The number of amides is 2. The second-order valence-corrected chi connectivity index (χ2v) is 6.94. The Morgan fingerprint density at radius 3 is 2.56 bits per heavy atom. The van der Waals surface area contributed by atoms with Gasteiger partial charge in [0.05, 0.1) is 18.9 Å². The molecule has 1 aromatic carbocycles. The van der Waals surface area contributed by atoms with Crippen LogP contribution in [-0.2, 0) is 17.7 Å². The van der Waals surface area contributed by atoms with Crippen LogP contribution in [0.5, 0.6) is 0 Å². The standard InChI is InChI=1S/C20H24N4O3/c1-22(15-7-3-2-4-8-15)20(26)18-21-17(16-9-5-6-10-24(16)18)19(25)23-11-13-27-14-12-23/h2-4,7-8H,5-6,9-14H2,1H3. The first-order chi connectivity index (χ1) is 13.2. The Labute approximate surface area is 158 Å². The van der Waals surface area contributed by atoms with E-state index in [-0.39, 0.29) is 11.8 Å². The average molecular weight is 368 g/mol. The van der Waals surface area contributed by atoms with E-state index < -0.39 is 0 Å². The van der Waals surface area contributed by atoms with E-state index in [1.807, 2.05) is 34.9 Å². The Kier molecular flexibility index (Phi) is 4.94. The number of aromatic nitrogens is 2. The van der Waals surface area contributed by atoms with Crippen LogP contribution in [0.15, 0.2) is 30.3 Å². The van der Waals surface area contributed by atoms with Crippen LogP contribution in [0.4, 0.5) is 5.69 Å². The summed E-state index contributed by atoms with van der Waals surface area (Å²) in [6.07, 6.45) is 2.78. The van der Waals surface area contributed by atoms with Crippen molar-refractivity contribution in [3.05, 3.63) is 47.5 Å². The van der Waals surface area contributed by atoms with E-state index in [2.05, 4.69) is 4.98 Å². The van der Waals surface area contributed by atoms with Crippen molar-refractivity contribution >= 4 is 17.5 Å². The molecule has 0 aliphatic carbocycles. The van der Waals surface area contributed by atoms with E-state index in [1.165, 1.54) is 0 Å². The fourth-order valence-electron chi connectivity index (χ4n) is 3.71. The number of benzene rings is 1. The topological polar surface area (TPSA) is 67.7 Å². The number of anilines is 1. The zero-order chi connectivity index (χ0) is 18.8. The van der Waals surface area contributed by atoms with Gasteiger partial charge >= 0.3 is 0 Å². The Morgan fingerprint density at radius 2 is 1.81 bits per heavy atom. The van der Waals surface area contributed by atoms with Crippen molar-refractivity contribution in [3.8, 4) is 0 Å². The molecular formula is C20H24N4O3. The monoisotopic (exact) mass is 368 g/mol. The van der Waals surface area contributed by atoms with E-state index in [9.17, 15) is 9.59 Å². The molecule has 2 aliphatic heterocycles. The molecular weight excluding hydrogens is 344 g/mol. The molecule has 7 heteroatoms. The number of hydrogen-bond acceptors (Lipinski definition) is 4. The SMILES string of the molecule is CN(C(=O)c1nc(C(=O)N2CCOCC2)c2n1CCCC2)c1ccccc1. The van der Waals surface area contributed by atoms with Crippen molar-refractivity contribution in [1.29, 1.82) is 0 Å². The molecule has 142 valence electrons. The fourth-order valence-corrected chi connectivity index (χ4v) is 3.71. The van der Waals surface area contributed by atoms with Crippen LogP contribution >= 0.6 is 0 Å². The Morgan fingerprint density at radius 1 is 1.07 bits per heavy atom. The van der Waals surface area contributed by atoms with Crippen LogP contribution in [0.1, 0.15) is 39.6 Å². The number of para-hydroxylation sites is 1. The molecule has 4 rings (SSSR count). The number of imidazole rings is 1. The lowest BCUT2D eigenvalue weighted by atomic mass is 10.1. The molecule has 0 unspecified atom stereocenters. The molecule has 0 atom stereocenters. The summed E-state index contributed by atoms with van der Waals surface area (Å²) in [6, 6.07) is 9.48. The number of nitrogens with zero attached hydrogens (tertiary/aromatic N) is 4. The predicted octanol–water partition coefficient (Wildman–Crippen LogP) is 1.97. The zero-order valence-corrected chi connectivity index (χ0v) is 15.6. The van der Waals surface area contributed by atoms with Crippen LogP contribution in [0, 0.1) is 0 Å². The maximum atomic E-state index is 13.1. The second kappa shape index (κ2) is 7.52. The van der Waals surface area contributed by atoms with Crippen LogP contribution in [0.2, 0.25) is 0 Å². The smallest absolute Gasteiger partial charge is 0.294 e. The maximum absolute atomic E-state index is 13.1. The normalized spacial score (nSPS) is 16.7. The summed E-state index contributed by atoms with van der Waals surface area (Å²) in [5.41, 5.74) is 2.13. The highest BCUT2D eigenvalue weighted by Crippen LogP contribution is 2.24. The number of morpholine rings is 1. The zero-order valence-electron chi connectivity index (χ0n) is 15.6. The number of carbonyl (C=O) groups is 2. The van der Waals surface area contributed by atoms with Gasteiger partial charge in [0.25, 0.3) is 11.8 Å². The van der Waals surface area contributed by atoms with E-state index >= 15 is 0 Å². The Balaban J connectivity index is 1.68. The number of hydrogen-bond donors (Lipinski definition) is 0. The minimum Gasteiger partial charge on any atom is -0.378 e. The molecule has 1 aromatic heterocycles. The Bertz CT molecular complexity index is 840. The quantitative estimate of drug-likeness (QED) is 0.831. The van der Waals surface area contributed by atoms with Gasteiger partial charge in [0, 0.05) is 32.4 Å². The number of carbonyl (C=O) groups excluding carboxylic acids is 2. The van der Waals surface area contributed by atoms with E-state index in [4.69, 9.17) is 4.74 Å². The van der Waals surface area contributed by atoms with Gasteiger partial charge in [-0.25, -0.2) is 4.98 Å². The molecule has 0 bridgehead atoms. The lowest BCUT2D eigenvalue weighted by molar-refractivity contribution is 0.0298. The predicted molar refractivity (Wildman–Crippen MR) is 101 cm³/mol. The lowest BCUT2D eigenvalue weighted by Gasteiger charge is -2.26. The third-order valence-corrected chi connectivity index (χ3v) is 5.26. The van der Waals surface area contributed by atoms with Gasteiger partial charge in [0.1, 0.15) is 5.69 Å². The summed E-state index contributed by atoms with van der Waals surface area (Å²) >= 11 is 0. The van der Waals surface area contributed by atoms with Crippen molar-refractivity contribution in [2.24, 2.45) is 0 Å².